The average Bonchev–Trinajstić information content (AvgIpc) is 3.40. The van der Waals surface area contributed by atoms with Crippen molar-refractivity contribution in [1.82, 2.24) is 15.0 Å². The molecule has 0 saturated heterocycles. The fraction of sp³-hybridized carbons (Fsp3) is 0.185. The number of nitrogens with one attached hydrogen (secondary N) is 1. The Morgan fingerprint density at radius 3 is 2.58 bits per heavy atom. The Morgan fingerprint density at radius 2 is 1.83 bits per heavy atom. The van der Waals surface area contributed by atoms with Gasteiger partial charge in [-0.25, -0.2) is 4.79 Å². The van der Waals surface area contributed by atoms with Gasteiger partial charge in [-0.2, -0.15) is 10.2 Å². The summed E-state index contributed by atoms with van der Waals surface area (Å²) in [6, 6.07) is 23.6. The zero-order valence-corrected chi connectivity index (χ0v) is 20.0. The molecule has 0 aliphatic rings. The van der Waals surface area contributed by atoms with E-state index in [9.17, 15) is 4.79 Å². The minimum atomic E-state index is -0.298. The summed E-state index contributed by atoms with van der Waals surface area (Å²) in [5.41, 5.74) is 2.72. The van der Waals surface area contributed by atoms with Crippen LogP contribution < -0.4 is 14.8 Å². The van der Waals surface area contributed by atoms with Gasteiger partial charge >= 0.3 is 6.03 Å². The molecule has 1 heterocycles. The van der Waals surface area contributed by atoms with Crippen LogP contribution in [0.2, 0.25) is 0 Å². The SMILES string of the molecule is COc1ccc(-c2noc(CCN(Cc3ccccc3)C(=O)Nc3cccc(C#N)c3)n2)cc1OC. The van der Waals surface area contributed by atoms with Gasteiger partial charge in [0.15, 0.2) is 11.5 Å². The molecule has 4 rings (SSSR count). The highest BCUT2D eigenvalue weighted by Gasteiger charge is 2.18. The summed E-state index contributed by atoms with van der Waals surface area (Å²) in [5, 5.41) is 16.1. The third-order valence-electron chi connectivity index (χ3n) is 5.45. The summed E-state index contributed by atoms with van der Waals surface area (Å²) < 4.78 is 16.1. The number of anilines is 1. The van der Waals surface area contributed by atoms with E-state index >= 15 is 0 Å². The second kappa shape index (κ2) is 11.5. The molecule has 0 unspecified atom stereocenters. The van der Waals surface area contributed by atoms with Crippen molar-refractivity contribution < 1.29 is 18.8 Å². The fourth-order valence-electron chi connectivity index (χ4n) is 3.60. The third-order valence-corrected chi connectivity index (χ3v) is 5.45. The smallest absolute Gasteiger partial charge is 0.322 e. The first kappa shape index (κ1) is 24.3. The summed E-state index contributed by atoms with van der Waals surface area (Å²) in [5.74, 6) is 1.98. The number of urea groups is 1. The summed E-state index contributed by atoms with van der Waals surface area (Å²) in [7, 11) is 3.13. The summed E-state index contributed by atoms with van der Waals surface area (Å²) >= 11 is 0. The molecule has 0 aliphatic heterocycles. The van der Waals surface area contributed by atoms with E-state index < -0.39 is 0 Å². The molecule has 1 aromatic heterocycles. The van der Waals surface area contributed by atoms with E-state index in [0.717, 1.165) is 11.1 Å². The van der Waals surface area contributed by atoms with Crippen LogP contribution in [0.3, 0.4) is 0 Å². The molecular weight excluding hydrogens is 458 g/mol. The second-order valence-electron chi connectivity index (χ2n) is 7.86. The molecule has 2 amide bonds. The van der Waals surface area contributed by atoms with Crippen molar-refractivity contribution in [1.29, 1.82) is 5.26 Å². The quantitative estimate of drug-likeness (QED) is 0.360. The summed E-state index contributed by atoms with van der Waals surface area (Å²) in [4.78, 5) is 19.3. The van der Waals surface area contributed by atoms with Crippen LogP contribution in [0.1, 0.15) is 17.0 Å². The highest BCUT2D eigenvalue weighted by atomic mass is 16.5. The van der Waals surface area contributed by atoms with Gasteiger partial charge in [-0.3, -0.25) is 0 Å². The van der Waals surface area contributed by atoms with Gasteiger partial charge in [-0.05, 0) is 42.0 Å². The Hall–Kier alpha value is -4.84. The predicted octanol–water partition coefficient (Wildman–Crippen LogP) is 4.90. The van der Waals surface area contributed by atoms with Crippen molar-refractivity contribution in [2.75, 3.05) is 26.1 Å². The molecule has 0 aliphatic carbocycles. The van der Waals surface area contributed by atoms with Crippen molar-refractivity contribution in [2.45, 2.75) is 13.0 Å². The second-order valence-corrected chi connectivity index (χ2v) is 7.86. The van der Waals surface area contributed by atoms with E-state index in [4.69, 9.17) is 19.3 Å². The highest BCUT2D eigenvalue weighted by Crippen LogP contribution is 2.31. The molecule has 0 bridgehead atoms. The van der Waals surface area contributed by atoms with E-state index in [0.29, 0.717) is 54.0 Å². The number of carbonyl (C=O) groups excluding carboxylic acids is 1. The predicted molar refractivity (Wildman–Crippen MR) is 134 cm³/mol. The van der Waals surface area contributed by atoms with Gasteiger partial charge in [-0.1, -0.05) is 41.6 Å². The number of ether oxygens (including phenoxy) is 2. The maximum atomic E-state index is 13.1. The molecule has 0 fully saturated rings. The van der Waals surface area contributed by atoms with Gasteiger partial charge in [0.05, 0.1) is 25.9 Å². The number of nitriles is 1. The zero-order chi connectivity index (χ0) is 25.3. The highest BCUT2D eigenvalue weighted by molar-refractivity contribution is 5.89. The Bertz CT molecular complexity index is 1360. The van der Waals surface area contributed by atoms with Crippen molar-refractivity contribution in [3.63, 3.8) is 0 Å². The van der Waals surface area contributed by atoms with Gasteiger partial charge in [0.25, 0.3) is 0 Å². The minimum absolute atomic E-state index is 0.298. The maximum absolute atomic E-state index is 13.1. The van der Waals surface area contributed by atoms with E-state index in [1.165, 1.54) is 0 Å². The van der Waals surface area contributed by atoms with Crippen molar-refractivity contribution in [2.24, 2.45) is 0 Å². The zero-order valence-electron chi connectivity index (χ0n) is 20.0. The molecule has 9 heteroatoms. The number of benzene rings is 3. The molecule has 4 aromatic rings. The lowest BCUT2D eigenvalue weighted by atomic mass is 10.2. The number of hydrogen-bond acceptors (Lipinski definition) is 7. The van der Waals surface area contributed by atoms with Crippen LogP contribution in [0.15, 0.2) is 77.3 Å². The van der Waals surface area contributed by atoms with E-state index in [2.05, 4.69) is 21.5 Å². The number of nitrogens with zero attached hydrogens (tertiary/aromatic N) is 4. The van der Waals surface area contributed by atoms with Crippen LogP contribution in [-0.2, 0) is 13.0 Å². The van der Waals surface area contributed by atoms with Crippen LogP contribution in [-0.4, -0.2) is 41.8 Å². The number of rotatable bonds is 9. The normalized spacial score (nSPS) is 10.4. The van der Waals surface area contributed by atoms with Gasteiger partial charge < -0.3 is 24.2 Å². The Kier molecular flexibility index (Phi) is 7.78. The lowest BCUT2D eigenvalue weighted by Gasteiger charge is -2.23. The van der Waals surface area contributed by atoms with Gasteiger partial charge in [0.1, 0.15) is 0 Å². The maximum Gasteiger partial charge on any atom is 0.322 e. The molecule has 9 nitrogen and oxygen atoms in total. The van der Waals surface area contributed by atoms with Crippen LogP contribution in [0.25, 0.3) is 11.4 Å². The Labute approximate surface area is 208 Å². The molecule has 0 radical (unpaired) electrons. The number of amides is 2. The topological polar surface area (TPSA) is 114 Å². The molecule has 36 heavy (non-hydrogen) atoms. The van der Waals surface area contributed by atoms with Crippen molar-refractivity contribution in [3.8, 4) is 29.0 Å². The lowest BCUT2D eigenvalue weighted by Crippen LogP contribution is -2.36. The molecule has 0 spiro atoms. The molecule has 1 N–H and O–H groups in total. The number of methoxy groups -OCH3 is 2. The van der Waals surface area contributed by atoms with Gasteiger partial charge in [0.2, 0.25) is 11.7 Å². The van der Waals surface area contributed by atoms with E-state index in [1.54, 1.807) is 55.5 Å². The molecule has 182 valence electrons. The van der Waals surface area contributed by atoms with Crippen LogP contribution in [0.5, 0.6) is 11.5 Å². The first-order valence-electron chi connectivity index (χ1n) is 11.2. The first-order valence-corrected chi connectivity index (χ1v) is 11.2. The number of carbonyl (C=O) groups is 1. The fourth-order valence-corrected chi connectivity index (χ4v) is 3.60. The number of aromatic nitrogens is 2. The Balaban J connectivity index is 1.48. The van der Waals surface area contributed by atoms with Gasteiger partial charge in [0, 0.05) is 30.8 Å². The van der Waals surface area contributed by atoms with Crippen LogP contribution >= 0.6 is 0 Å². The van der Waals surface area contributed by atoms with Crippen LogP contribution in [0.4, 0.5) is 10.5 Å². The third kappa shape index (κ3) is 5.98. The van der Waals surface area contributed by atoms with Crippen molar-refractivity contribution in [3.05, 3.63) is 89.8 Å². The standard InChI is InChI=1S/C27H25N5O4/c1-34-23-12-11-21(16-24(23)35-2)26-30-25(36-31-26)13-14-32(18-19-7-4-3-5-8-19)27(33)29-22-10-6-9-20(15-22)17-28/h3-12,15-16H,13-14,18H2,1-2H3,(H,29,33). The summed E-state index contributed by atoms with van der Waals surface area (Å²) in [6.45, 7) is 0.730. The molecule has 3 aromatic carbocycles. The van der Waals surface area contributed by atoms with Gasteiger partial charge in [-0.15, -0.1) is 0 Å². The Morgan fingerprint density at radius 1 is 1.03 bits per heavy atom. The summed E-state index contributed by atoms with van der Waals surface area (Å²) in [6.07, 6.45) is 0.360. The first-order chi connectivity index (χ1) is 17.6. The van der Waals surface area contributed by atoms with E-state index in [-0.39, 0.29) is 6.03 Å². The average molecular weight is 484 g/mol. The molecule has 0 atom stereocenters. The van der Waals surface area contributed by atoms with Crippen LogP contribution in [0, 0.1) is 11.3 Å². The lowest BCUT2D eigenvalue weighted by molar-refractivity contribution is 0.207. The largest absolute Gasteiger partial charge is 0.493 e. The molecular formula is C27H25N5O4. The number of hydrogen-bond donors (Lipinski definition) is 1. The monoisotopic (exact) mass is 483 g/mol. The minimum Gasteiger partial charge on any atom is -0.493 e. The van der Waals surface area contributed by atoms with Crippen molar-refractivity contribution >= 4 is 11.7 Å². The van der Waals surface area contributed by atoms with E-state index in [1.807, 2.05) is 36.4 Å². The molecule has 0 saturated carbocycles.